The number of imidazole rings is 1. The molecule has 1 saturated heterocycles. The van der Waals surface area contributed by atoms with Crippen molar-refractivity contribution in [3.8, 4) is 0 Å². The third kappa shape index (κ3) is 2.57. The highest BCUT2D eigenvalue weighted by atomic mass is 35.5. The van der Waals surface area contributed by atoms with Crippen molar-refractivity contribution in [2.45, 2.75) is 45.0 Å². The zero-order valence-corrected chi connectivity index (χ0v) is 13.9. The third-order valence-corrected chi connectivity index (χ3v) is 4.73. The maximum atomic E-state index is 6.14. The monoisotopic (exact) mass is 309 g/mol. The molecule has 116 valence electrons. The van der Waals surface area contributed by atoms with Gasteiger partial charge in [-0.1, -0.05) is 6.92 Å². The first-order valence-electron chi connectivity index (χ1n) is 7.84. The van der Waals surface area contributed by atoms with Crippen LogP contribution in [0.4, 0.5) is 0 Å². The normalized spacial score (nSPS) is 17.9. The third-order valence-electron chi connectivity index (χ3n) is 4.49. The van der Waals surface area contributed by atoms with Gasteiger partial charge in [0.15, 0.2) is 5.65 Å². The molecule has 0 radical (unpaired) electrons. The molecule has 0 N–H and O–H groups in total. The number of aryl methyl sites for hydroxylation is 2. The Balaban J connectivity index is 1.93. The number of fused-ring (bicyclic) bond motifs is 1. The van der Waals surface area contributed by atoms with Gasteiger partial charge in [0.05, 0.1) is 11.6 Å². The highest BCUT2D eigenvalue weighted by Gasteiger charge is 2.26. The molecule has 0 saturated carbocycles. The largest absolute Gasteiger partial charge is 0.309 e. The van der Waals surface area contributed by atoms with E-state index in [2.05, 4.69) is 21.5 Å². The fourth-order valence-corrected chi connectivity index (χ4v) is 3.72. The van der Waals surface area contributed by atoms with E-state index in [1.54, 1.807) is 0 Å². The van der Waals surface area contributed by atoms with Crippen LogP contribution in [0.3, 0.4) is 0 Å². The molecule has 0 aromatic carbocycles. The smallest absolute Gasteiger partial charge is 0.158 e. The van der Waals surface area contributed by atoms with E-state index in [9.17, 15) is 0 Å². The van der Waals surface area contributed by atoms with Crippen molar-refractivity contribution in [2.24, 2.45) is 7.05 Å². The number of alkyl halides is 1. The van der Waals surface area contributed by atoms with Gasteiger partial charge in [0.2, 0.25) is 0 Å². The molecule has 3 heterocycles. The maximum Gasteiger partial charge on any atom is 0.158 e. The van der Waals surface area contributed by atoms with E-state index in [1.807, 2.05) is 18.7 Å². The number of likely N-dealkylation sites (tertiary alicyclic amines) is 1. The summed E-state index contributed by atoms with van der Waals surface area (Å²) in [5, 5.41) is 4.51. The van der Waals surface area contributed by atoms with Crippen molar-refractivity contribution >= 4 is 22.8 Å². The minimum absolute atomic E-state index is 0.462. The summed E-state index contributed by atoms with van der Waals surface area (Å²) in [4.78, 5) is 7.27. The lowest BCUT2D eigenvalue weighted by Crippen LogP contribution is -2.35. The standard InChI is InChI=1S/C15H24ClN5/c1-4-7-20-8-5-12(6-9-20)21-13(10-16)17-14-11(2)18-19(3)15(14)21/h12H,4-10H2,1-3H3. The molecule has 21 heavy (non-hydrogen) atoms. The van der Waals surface area contributed by atoms with Gasteiger partial charge >= 0.3 is 0 Å². The molecule has 2 aromatic rings. The van der Waals surface area contributed by atoms with Crippen LogP contribution in [0.1, 0.15) is 43.7 Å². The Morgan fingerprint density at radius 3 is 2.62 bits per heavy atom. The molecule has 0 bridgehead atoms. The van der Waals surface area contributed by atoms with Crippen LogP contribution in [0.25, 0.3) is 11.2 Å². The summed E-state index contributed by atoms with van der Waals surface area (Å²) in [7, 11) is 2.00. The zero-order valence-electron chi connectivity index (χ0n) is 13.1. The van der Waals surface area contributed by atoms with Gasteiger partial charge in [-0.05, 0) is 32.7 Å². The Kier molecular flexibility index (Phi) is 4.22. The first-order valence-corrected chi connectivity index (χ1v) is 8.37. The highest BCUT2D eigenvalue weighted by molar-refractivity contribution is 6.16. The number of hydrogen-bond acceptors (Lipinski definition) is 3. The van der Waals surface area contributed by atoms with Gasteiger partial charge in [-0.2, -0.15) is 5.10 Å². The molecule has 0 amide bonds. The molecule has 1 fully saturated rings. The fraction of sp³-hybridized carbons (Fsp3) is 0.733. The second-order valence-electron chi connectivity index (χ2n) is 5.99. The predicted octanol–water partition coefficient (Wildman–Crippen LogP) is 2.86. The van der Waals surface area contributed by atoms with Gasteiger partial charge in [-0.3, -0.25) is 4.68 Å². The van der Waals surface area contributed by atoms with Gasteiger partial charge in [0.1, 0.15) is 11.3 Å². The fourth-order valence-electron chi connectivity index (χ4n) is 3.54. The summed E-state index contributed by atoms with van der Waals surface area (Å²) in [6.45, 7) is 7.80. The van der Waals surface area contributed by atoms with E-state index in [1.165, 1.54) is 25.8 Å². The van der Waals surface area contributed by atoms with Gasteiger partial charge in [-0.25, -0.2) is 4.98 Å². The molecular formula is C15H24ClN5. The quantitative estimate of drug-likeness (QED) is 0.815. The topological polar surface area (TPSA) is 38.9 Å². The predicted molar refractivity (Wildman–Crippen MR) is 85.8 cm³/mol. The van der Waals surface area contributed by atoms with Crippen molar-refractivity contribution in [1.29, 1.82) is 0 Å². The lowest BCUT2D eigenvalue weighted by atomic mass is 10.0. The van der Waals surface area contributed by atoms with Crippen LogP contribution < -0.4 is 0 Å². The summed E-state index contributed by atoms with van der Waals surface area (Å²) in [6.07, 6.45) is 3.56. The Hall–Kier alpha value is -1.07. The average Bonchev–Trinajstić information content (AvgIpc) is 2.99. The number of halogens is 1. The minimum atomic E-state index is 0.462. The molecule has 5 nitrogen and oxygen atoms in total. The van der Waals surface area contributed by atoms with Crippen LogP contribution in [-0.4, -0.2) is 43.9 Å². The molecule has 0 aliphatic carbocycles. The number of hydrogen-bond donors (Lipinski definition) is 0. The lowest BCUT2D eigenvalue weighted by Gasteiger charge is -2.33. The van der Waals surface area contributed by atoms with Gasteiger partial charge in [0.25, 0.3) is 0 Å². The second kappa shape index (κ2) is 5.97. The van der Waals surface area contributed by atoms with E-state index in [0.29, 0.717) is 11.9 Å². The number of aromatic nitrogens is 4. The molecule has 0 unspecified atom stereocenters. The molecule has 0 atom stereocenters. The lowest BCUT2D eigenvalue weighted by molar-refractivity contribution is 0.187. The molecule has 1 aliphatic rings. The Morgan fingerprint density at radius 2 is 2.00 bits per heavy atom. The van der Waals surface area contributed by atoms with Crippen LogP contribution in [-0.2, 0) is 12.9 Å². The maximum absolute atomic E-state index is 6.14. The zero-order chi connectivity index (χ0) is 15.0. The Labute approximate surface area is 130 Å². The first kappa shape index (κ1) is 14.9. The van der Waals surface area contributed by atoms with Crippen LogP contribution >= 0.6 is 11.6 Å². The summed E-state index contributed by atoms with van der Waals surface area (Å²) in [5.74, 6) is 1.44. The second-order valence-corrected chi connectivity index (χ2v) is 6.25. The van der Waals surface area contributed by atoms with Gasteiger partial charge in [0, 0.05) is 26.2 Å². The molecular weight excluding hydrogens is 286 g/mol. The van der Waals surface area contributed by atoms with E-state index in [0.717, 1.165) is 35.8 Å². The number of nitrogens with zero attached hydrogens (tertiary/aromatic N) is 5. The van der Waals surface area contributed by atoms with Crippen molar-refractivity contribution in [2.75, 3.05) is 19.6 Å². The molecule has 1 aliphatic heterocycles. The van der Waals surface area contributed by atoms with Crippen LogP contribution in [0.15, 0.2) is 0 Å². The van der Waals surface area contributed by atoms with E-state index in [-0.39, 0.29) is 0 Å². The molecule has 3 rings (SSSR count). The van der Waals surface area contributed by atoms with E-state index in [4.69, 9.17) is 16.6 Å². The minimum Gasteiger partial charge on any atom is -0.309 e. The number of rotatable bonds is 4. The summed E-state index contributed by atoms with van der Waals surface area (Å²) in [5.41, 5.74) is 3.11. The number of piperidine rings is 1. The van der Waals surface area contributed by atoms with E-state index < -0.39 is 0 Å². The molecule has 0 spiro atoms. The van der Waals surface area contributed by atoms with Crippen molar-refractivity contribution in [1.82, 2.24) is 24.2 Å². The average molecular weight is 310 g/mol. The van der Waals surface area contributed by atoms with Crippen LogP contribution in [0, 0.1) is 6.92 Å². The van der Waals surface area contributed by atoms with Crippen LogP contribution in [0.2, 0.25) is 0 Å². The van der Waals surface area contributed by atoms with Crippen molar-refractivity contribution in [3.05, 3.63) is 11.5 Å². The van der Waals surface area contributed by atoms with Crippen LogP contribution in [0.5, 0.6) is 0 Å². The van der Waals surface area contributed by atoms with Gasteiger partial charge < -0.3 is 9.47 Å². The first-order chi connectivity index (χ1) is 10.2. The molecule has 2 aromatic heterocycles. The highest BCUT2D eigenvalue weighted by Crippen LogP contribution is 2.30. The van der Waals surface area contributed by atoms with E-state index >= 15 is 0 Å². The summed E-state index contributed by atoms with van der Waals surface area (Å²) < 4.78 is 4.29. The van der Waals surface area contributed by atoms with Crippen molar-refractivity contribution in [3.63, 3.8) is 0 Å². The van der Waals surface area contributed by atoms with Gasteiger partial charge in [-0.15, -0.1) is 11.6 Å². The summed E-state index contributed by atoms with van der Waals surface area (Å²) in [6, 6.07) is 0.492. The summed E-state index contributed by atoms with van der Waals surface area (Å²) >= 11 is 6.14. The Morgan fingerprint density at radius 1 is 1.29 bits per heavy atom. The molecule has 6 heteroatoms. The SMILES string of the molecule is CCCN1CCC(n2c(CCl)nc3c(C)nn(C)c32)CC1. The van der Waals surface area contributed by atoms with Crippen molar-refractivity contribution < 1.29 is 0 Å². The Bertz CT molecular complexity index is 622.